The molecule has 146 valence electrons. The van der Waals surface area contributed by atoms with Crippen LogP contribution in [0, 0.1) is 6.92 Å². The molecule has 0 unspecified atom stereocenters. The summed E-state index contributed by atoms with van der Waals surface area (Å²) in [4.78, 5) is 2.12. The molecule has 1 aliphatic rings. The van der Waals surface area contributed by atoms with Crippen molar-refractivity contribution in [3.05, 3.63) is 51.0 Å². The molecular weight excluding hydrogens is 431 g/mol. The number of methoxy groups -OCH3 is 1. The Kier molecular flexibility index (Phi) is 6.13. The third-order valence-corrected chi connectivity index (χ3v) is 7.75. The van der Waals surface area contributed by atoms with Crippen LogP contribution in [0.1, 0.15) is 5.56 Å². The van der Waals surface area contributed by atoms with Gasteiger partial charge in [-0.25, -0.2) is 8.42 Å². The Morgan fingerprint density at radius 2 is 1.63 bits per heavy atom. The number of anilines is 1. The van der Waals surface area contributed by atoms with Crippen molar-refractivity contribution in [1.82, 2.24) is 4.31 Å². The summed E-state index contributed by atoms with van der Waals surface area (Å²) in [5.74, 6) is 0.335. The molecule has 0 radical (unpaired) electrons. The molecule has 1 heterocycles. The number of piperazine rings is 1. The van der Waals surface area contributed by atoms with E-state index in [1.807, 2.05) is 25.1 Å². The molecule has 9 heteroatoms. The Bertz CT molecular complexity index is 959. The first-order chi connectivity index (χ1) is 12.8. The van der Waals surface area contributed by atoms with Gasteiger partial charge in [-0.2, -0.15) is 4.31 Å². The van der Waals surface area contributed by atoms with Crippen molar-refractivity contribution in [2.75, 3.05) is 38.2 Å². The SMILES string of the molecule is COc1ccc(S(=O)(=O)N2CCN(c3cc(Cl)ccc3C)CC2)c(Cl)c1Cl. The van der Waals surface area contributed by atoms with E-state index in [2.05, 4.69) is 4.90 Å². The van der Waals surface area contributed by atoms with Gasteiger partial charge < -0.3 is 9.64 Å². The number of hydrogen-bond acceptors (Lipinski definition) is 4. The van der Waals surface area contributed by atoms with Crippen LogP contribution in [-0.4, -0.2) is 46.0 Å². The largest absolute Gasteiger partial charge is 0.495 e. The van der Waals surface area contributed by atoms with Crippen molar-refractivity contribution < 1.29 is 13.2 Å². The van der Waals surface area contributed by atoms with Gasteiger partial charge in [-0.1, -0.05) is 40.9 Å². The van der Waals surface area contributed by atoms with E-state index in [1.54, 1.807) is 0 Å². The Balaban J connectivity index is 1.81. The van der Waals surface area contributed by atoms with E-state index in [9.17, 15) is 8.42 Å². The topological polar surface area (TPSA) is 49.9 Å². The summed E-state index contributed by atoms with van der Waals surface area (Å²) in [5, 5.41) is 0.725. The Hall–Kier alpha value is -1.18. The van der Waals surface area contributed by atoms with Crippen LogP contribution < -0.4 is 9.64 Å². The lowest BCUT2D eigenvalue weighted by Gasteiger charge is -2.36. The average molecular weight is 450 g/mol. The summed E-state index contributed by atoms with van der Waals surface area (Å²) in [7, 11) is -2.31. The van der Waals surface area contributed by atoms with Crippen LogP contribution in [0.15, 0.2) is 35.2 Å². The summed E-state index contributed by atoms with van der Waals surface area (Å²) >= 11 is 18.4. The lowest BCUT2D eigenvalue weighted by molar-refractivity contribution is 0.384. The molecule has 1 fully saturated rings. The predicted octanol–water partition coefficient (Wildman–Crippen LogP) is 4.47. The van der Waals surface area contributed by atoms with Crippen molar-refractivity contribution in [2.45, 2.75) is 11.8 Å². The summed E-state index contributed by atoms with van der Waals surface area (Å²) in [5.41, 5.74) is 2.12. The van der Waals surface area contributed by atoms with Gasteiger partial charge in [0.25, 0.3) is 0 Å². The molecular formula is C18H19Cl3N2O3S. The highest BCUT2D eigenvalue weighted by atomic mass is 35.5. The number of benzene rings is 2. The lowest BCUT2D eigenvalue weighted by atomic mass is 10.1. The van der Waals surface area contributed by atoms with Gasteiger partial charge in [-0.15, -0.1) is 0 Å². The maximum absolute atomic E-state index is 13.0. The second-order valence-electron chi connectivity index (χ2n) is 6.22. The minimum absolute atomic E-state index is 0.0117. The Morgan fingerprint density at radius 3 is 2.26 bits per heavy atom. The molecule has 27 heavy (non-hydrogen) atoms. The van der Waals surface area contributed by atoms with E-state index in [-0.39, 0.29) is 14.9 Å². The third-order valence-electron chi connectivity index (χ3n) is 4.60. The first-order valence-corrected chi connectivity index (χ1v) is 10.9. The molecule has 0 N–H and O–H groups in total. The van der Waals surface area contributed by atoms with Gasteiger partial charge >= 0.3 is 0 Å². The molecule has 0 atom stereocenters. The van der Waals surface area contributed by atoms with Crippen LogP contribution in [0.5, 0.6) is 5.75 Å². The van der Waals surface area contributed by atoms with E-state index in [1.165, 1.54) is 23.5 Å². The van der Waals surface area contributed by atoms with Crippen LogP contribution in [0.3, 0.4) is 0 Å². The highest BCUT2D eigenvalue weighted by Crippen LogP contribution is 2.38. The number of sulfonamides is 1. The van der Waals surface area contributed by atoms with E-state index in [4.69, 9.17) is 39.5 Å². The standard InChI is InChI=1S/C18H19Cl3N2O3S/c1-12-3-4-13(19)11-14(12)22-7-9-23(10-8-22)27(24,25)16-6-5-15(26-2)17(20)18(16)21/h3-6,11H,7-10H2,1-2H3. The normalized spacial score (nSPS) is 15.8. The molecule has 0 saturated carbocycles. The number of ether oxygens (including phenoxy) is 1. The number of rotatable bonds is 4. The van der Waals surface area contributed by atoms with Crippen LogP contribution >= 0.6 is 34.8 Å². The molecule has 0 bridgehead atoms. The van der Waals surface area contributed by atoms with Crippen LogP contribution in [0.4, 0.5) is 5.69 Å². The highest BCUT2D eigenvalue weighted by Gasteiger charge is 2.31. The molecule has 2 aromatic carbocycles. The van der Waals surface area contributed by atoms with Crippen LogP contribution in [0.25, 0.3) is 0 Å². The fraction of sp³-hybridized carbons (Fsp3) is 0.333. The van der Waals surface area contributed by atoms with Gasteiger partial charge in [0.1, 0.15) is 15.7 Å². The third kappa shape index (κ3) is 4.00. The number of halogens is 3. The Labute approximate surface area is 174 Å². The van der Waals surface area contributed by atoms with Gasteiger partial charge in [0, 0.05) is 36.9 Å². The summed E-state index contributed by atoms with van der Waals surface area (Å²) < 4.78 is 32.6. The van der Waals surface area contributed by atoms with Crippen molar-refractivity contribution in [3.63, 3.8) is 0 Å². The average Bonchev–Trinajstić information content (AvgIpc) is 2.65. The molecule has 5 nitrogen and oxygen atoms in total. The predicted molar refractivity (Wildman–Crippen MR) is 110 cm³/mol. The Morgan fingerprint density at radius 1 is 0.963 bits per heavy atom. The second kappa shape index (κ2) is 8.05. The van der Waals surface area contributed by atoms with E-state index < -0.39 is 10.0 Å². The molecule has 0 aliphatic carbocycles. The fourth-order valence-corrected chi connectivity index (χ4v) is 5.51. The van der Waals surface area contributed by atoms with Gasteiger partial charge in [0.15, 0.2) is 0 Å². The number of aryl methyl sites for hydroxylation is 1. The zero-order valence-corrected chi connectivity index (χ0v) is 18.0. The smallest absolute Gasteiger partial charge is 0.244 e. The minimum Gasteiger partial charge on any atom is -0.495 e. The number of nitrogens with zero attached hydrogens (tertiary/aromatic N) is 2. The van der Waals surface area contributed by atoms with Crippen LogP contribution in [0.2, 0.25) is 15.1 Å². The molecule has 0 amide bonds. The zero-order chi connectivity index (χ0) is 19.8. The van der Waals surface area contributed by atoms with Gasteiger partial charge in [-0.05, 0) is 36.8 Å². The first kappa shape index (κ1) is 20.6. The molecule has 0 aromatic heterocycles. The first-order valence-electron chi connectivity index (χ1n) is 8.29. The van der Waals surface area contributed by atoms with Gasteiger partial charge in [0.05, 0.1) is 12.1 Å². The maximum atomic E-state index is 13.0. The van der Waals surface area contributed by atoms with Crippen molar-refractivity contribution in [3.8, 4) is 5.75 Å². The zero-order valence-electron chi connectivity index (χ0n) is 14.9. The molecule has 2 aromatic rings. The van der Waals surface area contributed by atoms with E-state index in [0.717, 1.165) is 11.3 Å². The number of hydrogen-bond donors (Lipinski definition) is 0. The van der Waals surface area contributed by atoms with Crippen molar-refractivity contribution in [1.29, 1.82) is 0 Å². The molecule has 1 saturated heterocycles. The van der Waals surface area contributed by atoms with Gasteiger partial charge in [0.2, 0.25) is 10.0 Å². The summed E-state index contributed by atoms with van der Waals surface area (Å²) in [6.45, 7) is 3.81. The lowest BCUT2D eigenvalue weighted by Crippen LogP contribution is -2.48. The highest BCUT2D eigenvalue weighted by molar-refractivity contribution is 7.89. The molecule has 0 spiro atoms. The monoisotopic (exact) mass is 448 g/mol. The van der Waals surface area contributed by atoms with Crippen molar-refractivity contribution in [2.24, 2.45) is 0 Å². The molecule has 3 rings (SSSR count). The fourth-order valence-electron chi connectivity index (χ4n) is 3.10. The van der Waals surface area contributed by atoms with E-state index in [0.29, 0.717) is 37.0 Å². The summed E-state index contributed by atoms with van der Waals surface area (Å²) in [6.07, 6.45) is 0. The maximum Gasteiger partial charge on any atom is 0.244 e. The summed E-state index contributed by atoms with van der Waals surface area (Å²) in [6, 6.07) is 8.64. The van der Waals surface area contributed by atoms with Gasteiger partial charge in [-0.3, -0.25) is 0 Å². The second-order valence-corrected chi connectivity index (χ2v) is 9.31. The van der Waals surface area contributed by atoms with Crippen molar-refractivity contribution >= 4 is 50.5 Å². The van der Waals surface area contributed by atoms with E-state index >= 15 is 0 Å². The quantitative estimate of drug-likeness (QED) is 0.691. The molecule has 1 aliphatic heterocycles. The minimum atomic E-state index is -3.76. The van der Waals surface area contributed by atoms with Crippen LogP contribution in [-0.2, 0) is 10.0 Å².